The van der Waals surface area contributed by atoms with Crippen LogP contribution in [0.1, 0.15) is 33.6 Å². The molecule has 0 heterocycles. The maximum absolute atomic E-state index is 10.6. The van der Waals surface area contributed by atoms with Crippen molar-refractivity contribution in [2.75, 3.05) is 13.2 Å². The number of nitrogens with two attached hydrogens (primary N) is 1. The number of halogens is 1. The minimum Gasteiger partial charge on any atom is -0.481 e. The normalized spacial score (nSPS) is 10.1. The summed E-state index contributed by atoms with van der Waals surface area (Å²) in [5.74, 6) is -0.778. The van der Waals surface area contributed by atoms with Crippen LogP contribution in [0.5, 0.6) is 0 Å². The molecule has 0 saturated carbocycles. The quantitative estimate of drug-likeness (QED) is 0.734. The molecule has 3 N–H and O–H groups in total. The van der Waals surface area contributed by atoms with Crippen molar-refractivity contribution in [2.45, 2.75) is 33.6 Å². The van der Waals surface area contributed by atoms with Gasteiger partial charge in [0, 0.05) is 18.1 Å². The highest BCUT2D eigenvalue weighted by molar-refractivity contribution is 6.61. The molecular formula is C10H20ClNO4. The van der Waals surface area contributed by atoms with Crippen LogP contribution in [0.15, 0.2) is 0 Å². The van der Waals surface area contributed by atoms with Gasteiger partial charge >= 0.3 is 11.4 Å². The van der Waals surface area contributed by atoms with E-state index in [9.17, 15) is 9.59 Å². The molecule has 0 radical (unpaired) electrons. The van der Waals surface area contributed by atoms with Crippen LogP contribution in [0.25, 0.3) is 0 Å². The van der Waals surface area contributed by atoms with Crippen molar-refractivity contribution in [3.05, 3.63) is 0 Å². The predicted molar refractivity (Wildman–Crippen MR) is 62.6 cm³/mol. The second-order valence-corrected chi connectivity index (χ2v) is 3.48. The van der Waals surface area contributed by atoms with E-state index in [0.29, 0.717) is 19.4 Å². The summed E-state index contributed by atoms with van der Waals surface area (Å²) in [7, 11) is 0. The van der Waals surface area contributed by atoms with E-state index in [0.717, 1.165) is 0 Å². The SMILES string of the molecule is CCC(CC)(CN)C(=O)O.CCOC(=O)Cl. The maximum atomic E-state index is 10.6. The highest BCUT2D eigenvalue weighted by atomic mass is 35.5. The third-order valence-corrected chi connectivity index (χ3v) is 2.56. The van der Waals surface area contributed by atoms with Crippen LogP contribution in [0.4, 0.5) is 4.79 Å². The van der Waals surface area contributed by atoms with Crippen LogP contribution < -0.4 is 5.73 Å². The summed E-state index contributed by atoms with van der Waals surface area (Å²) >= 11 is 4.72. The average Bonchev–Trinajstić information content (AvgIpc) is 2.21. The van der Waals surface area contributed by atoms with Gasteiger partial charge in [0.1, 0.15) is 0 Å². The Morgan fingerprint density at radius 2 is 1.75 bits per heavy atom. The van der Waals surface area contributed by atoms with Gasteiger partial charge in [-0.1, -0.05) is 13.8 Å². The first kappa shape index (κ1) is 17.6. The van der Waals surface area contributed by atoms with E-state index in [1.807, 2.05) is 13.8 Å². The topological polar surface area (TPSA) is 89.6 Å². The van der Waals surface area contributed by atoms with Crippen LogP contribution in [0.2, 0.25) is 0 Å². The molecule has 0 bridgehead atoms. The van der Waals surface area contributed by atoms with Gasteiger partial charge in [-0.3, -0.25) is 4.79 Å². The Kier molecular flexibility index (Phi) is 10.3. The Hall–Kier alpha value is -0.810. The number of carbonyl (C=O) groups is 2. The van der Waals surface area contributed by atoms with Crippen molar-refractivity contribution >= 4 is 23.0 Å². The van der Waals surface area contributed by atoms with Crippen molar-refractivity contribution in [1.82, 2.24) is 0 Å². The first-order chi connectivity index (χ1) is 7.40. The fraction of sp³-hybridized carbons (Fsp3) is 0.800. The zero-order valence-corrected chi connectivity index (χ0v) is 10.7. The van der Waals surface area contributed by atoms with Gasteiger partial charge in [-0.2, -0.15) is 0 Å². The molecule has 0 atom stereocenters. The molecule has 0 aromatic heterocycles. The Morgan fingerprint density at radius 3 is 1.75 bits per heavy atom. The van der Waals surface area contributed by atoms with Gasteiger partial charge in [0.15, 0.2) is 0 Å². The van der Waals surface area contributed by atoms with E-state index in [-0.39, 0.29) is 6.54 Å². The summed E-state index contributed by atoms with van der Waals surface area (Å²) in [5, 5.41) is 8.74. The first-order valence-corrected chi connectivity index (χ1v) is 5.53. The summed E-state index contributed by atoms with van der Waals surface area (Å²) in [4.78, 5) is 20.2. The third-order valence-electron chi connectivity index (χ3n) is 2.46. The molecule has 0 spiro atoms. The number of carbonyl (C=O) groups excluding carboxylic acids is 1. The minimum atomic E-state index is -0.778. The molecule has 0 aliphatic carbocycles. The molecule has 0 aliphatic heterocycles. The van der Waals surface area contributed by atoms with Gasteiger partial charge in [0.2, 0.25) is 0 Å². The summed E-state index contributed by atoms with van der Waals surface area (Å²) in [6, 6.07) is 0. The molecule has 96 valence electrons. The Balaban J connectivity index is 0. The van der Waals surface area contributed by atoms with Crippen molar-refractivity contribution in [3.8, 4) is 0 Å². The molecule has 0 amide bonds. The monoisotopic (exact) mass is 253 g/mol. The van der Waals surface area contributed by atoms with Gasteiger partial charge in [-0.05, 0) is 19.8 Å². The second-order valence-electron chi connectivity index (χ2n) is 3.17. The minimum absolute atomic E-state index is 0.231. The summed E-state index contributed by atoms with van der Waals surface area (Å²) in [6.07, 6.45) is 1.21. The molecule has 5 nitrogen and oxygen atoms in total. The summed E-state index contributed by atoms with van der Waals surface area (Å²) < 4.78 is 4.17. The fourth-order valence-corrected chi connectivity index (χ4v) is 1.15. The van der Waals surface area contributed by atoms with Gasteiger partial charge < -0.3 is 15.6 Å². The Labute approximate surface area is 101 Å². The zero-order chi connectivity index (χ0) is 13.2. The smallest absolute Gasteiger partial charge is 0.403 e. The lowest BCUT2D eigenvalue weighted by atomic mass is 9.83. The molecule has 16 heavy (non-hydrogen) atoms. The molecule has 0 unspecified atom stereocenters. The van der Waals surface area contributed by atoms with E-state index in [2.05, 4.69) is 4.74 Å². The lowest BCUT2D eigenvalue weighted by Gasteiger charge is -2.23. The predicted octanol–water partition coefficient (Wildman–Crippen LogP) is 2.22. The van der Waals surface area contributed by atoms with E-state index >= 15 is 0 Å². The van der Waals surface area contributed by atoms with Gasteiger partial charge in [0.25, 0.3) is 0 Å². The Bertz CT molecular complexity index is 209. The van der Waals surface area contributed by atoms with Crippen LogP contribution in [0.3, 0.4) is 0 Å². The summed E-state index contributed by atoms with van der Waals surface area (Å²) in [5.41, 5.74) is 3.93. The second kappa shape index (κ2) is 9.42. The Morgan fingerprint density at radius 1 is 1.31 bits per heavy atom. The van der Waals surface area contributed by atoms with Crippen LogP contribution >= 0.6 is 11.6 Å². The standard InChI is InChI=1S/C7H15NO2.C3H5ClO2/c1-3-7(4-2,5-8)6(9)10;1-2-6-3(4)5/h3-5,8H2,1-2H3,(H,9,10);2H2,1H3. The average molecular weight is 254 g/mol. The lowest BCUT2D eigenvalue weighted by Crippen LogP contribution is -2.37. The maximum Gasteiger partial charge on any atom is 0.403 e. The molecule has 0 aromatic rings. The highest BCUT2D eigenvalue weighted by Gasteiger charge is 2.32. The molecule has 0 rings (SSSR count). The van der Waals surface area contributed by atoms with Gasteiger partial charge in [-0.25, -0.2) is 4.79 Å². The number of hydrogen-bond donors (Lipinski definition) is 2. The van der Waals surface area contributed by atoms with Gasteiger partial charge in [0.05, 0.1) is 12.0 Å². The summed E-state index contributed by atoms with van der Waals surface area (Å²) in [6.45, 7) is 5.98. The molecule has 0 aliphatic rings. The molecular weight excluding hydrogens is 234 g/mol. The number of carboxylic acids is 1. The van der Waals surface area contributed by atoms with Crippen LogP contribution in [0, 0.1) is 5.41 Å². The van der Waals surface area contributed by atoms with E-state index in [1.165, 1.54) is 0 Å². The van der Waals surface area contributed by atoms with Crippen molar-refractivity contribution in [2.24, 2.45) is 11.1 Å². The van der Waals surface area contributed by atoms with E-state index < -0.39 is 16.8 Å². The fourth-order valence-electron chi connectivity index (χ4n) is 1.04. The van der Waals surface area contributed by atoms with Crippen molar-refractivity contribution < 1.29 is 19.4 Å². The lowest BCUT2D eigenvalue weighted by molar-refractivity contribution is -0.148. The van der Waals surface area contributed by atoms with E-state index in [4.69, 9.17) is 22.4 Å². The number of hydrogen-bond acceptors (Lipinski definition) is 4. The molecule has 6 heteroatoms. The number of carboxylic acid groups (broad SMARTS) is 1. The molecule has 0 fully saturated rings. The van der Waals surface area contributed by atoms with Crippen molar-refractivity contribution in [1.29, 1.82) is 0 Å². The largest absolute Gasteiger partial charge is 0.481 e. The molecule has 0 aromatic carbocycles. The number of rotatable bonds is 5. The van der Waals surface area contributed by atoms with Crippen LogP contribution in [-0.2, 0) is 9.53 Å². The van der Waals surface area contributed by atoms with Crippen molar-refractivity contribution in [3.63, 3.8) is 0 Å². The molecule has 0 saturated heterocycles. The highest BCUT2D eigenvalue weighted by Crippen LogP contribution is 2.24. The first-order valence-electron chi connectivity index (χ1n) is 5.15. The third kappa shape index (κ3) is 6.63. The van der Waals surface area contributed by atoms with E-state index in [1.54, 1.807) is 6.92 Å². The van der Waals surface area contributed by atoms with Gasteiger partial charge in [-0.15, -0.1) is 0 Å². The number of aliphatic carboxylic acids is 1. The number of ether oxygens (including phenoxy) is 1. The zero-order valence-electron chi connectivity index (χ0n) is 9.96. The van der Waals surface area contributed by atoms with Crippen LogP contribution in [-0.4, -0.2) is 29.7 Å².